The van der Waals surface area contributed by atoms with Gasteiger partial charge in [0.15, 0.2) is 5.60 Å². The van der Waals surface area contributed by atoms with E-state index in [2.05, 4.69) is 0 Å². The van der Waals surface area contributed by atoms with E-state index in [-0.39, 0.29) is 18.9 Å². The molecular formula is C24H23F3O5. The number of esters is 2. The van der Waals surface area contributed by atoms with Gasteiger partial charge in [-0.2, -0.15) is 13.2 Å². The van der Waals surface area contributed by atoms with Crippen LogP contribution in [0.3, 0.4) is 0 Å². The number of halogens is 3. The minimum Gasteiger partial charge on any atom is -0.461 e. The molecule has 1 fully saturated rings. The number of rotatable bonds is 6. The van der Waals surface area contributed by atoms with Crippen LogP contribution >= 0.6 is 0 Å². The van der Waals surface area contributed by atoms with Crippen molar-refractivity contribution in [3.05, 3.63) is 65.2 Å². The van der Waals surface area contributed by atoms with Gasteiger partial charge in [0.1, 0.15) is 6.61 Å². The normalized spacial score (nSPS) is 20.0. The maximum absolute atomic E-state index is 12.7. The van der Waals surface area contributed by atoms with Crippen LogP contribution in [0.25, 0.3) is 17.2 Å². The summed E-state index contributed by atoms with van der Waals surface area (Å²) in [6, 6.07) is 11.8. The number of aliphatic hydroxyl groups is 1. The first kappa shape index (κ1) is 23.5. The number of hydrogen-bond acceptors (Lipinski definition) is 5. The highest BCUT2D eigenvalue weighted by Gasteiger charge is 2.44. The van der Waals surface area contributed by atoms with Gasteiger partial charge in [0.2, 0.25) is 0 Å². The van der Waals surface area contributed by atoms with Crippen molar-refractivity contribution in [3.63, 3.8) is 0 Å². The van der Waals surface area contributed by atoms with E-state index >= 15 is 0 Å². The summed E-state index contributed by atoms with van der Waals surface area (Å²) in [4.78, 5) is 24.0. The fraction of sp³-hybridized carbons (Fsp3) is 0.333. The fourth-order valence-corrected chi connectivity index (χ4v) is 3.24. The number of carbonyl (C=O) groups is 2. The van der Waals surface area contributed by atoms with Crippen molar-refractivity contribution in [3.8, 4) is 11.1 Å². The maximum Gasteiger partial charge on any atom is 0.416 e. The summed E-state index contributed by atoms with van der Waals surface area (Å²) >= 11 is 0. The van der Waals surface area contributed by atoms with Gasteiger partial charge in [-0.25, -0.2) is 4.79 Å². The zero-order valence-corrected chi connectivity index (χ0v) is 17.6. The highest BCUT2D eigenvalue weighted by Crippen LogP contribution is 2.33. The lowest BCUT2D eigenvalue weighted by Gasteiger charge is -2.24. The number of cyclic esters (lactones) is 1. The molecule has 0 radical (unpaired) electrons. The summed E-state index contributed by atoms with van der Waals surface area (Å²) in [6.45, 7) is 2.62. The van der Waals surface area contributed by atoms with Crippen LogP contribution in [0.1, 0.15) is 31.4 Å². The molecule has 1 heterocycles. The van der Waals surface area contributed by atoms with E-state index in [1.165, 1.54) is 12.1 Å². The van der Waals surface area contributed by atoms with Gasteiger partial charge in [0, 0.05) is 12.0 Å². The zero-order chi connectivity index (χ0) is 23.5. The minimum absolute atomic E-state index is 0.0777. The quantitative estimate of drug-likeness (QED) is 0.515. The SMILES string of the molecule is CC(C)C(=O)OCC1(CO)C/C(=C\c2ccc(-c3ccc(C(F)(F)F)cc3)cc2)C(=O)O1. The largest absolute Gasteiger partial charge is 0.461 e. The van der Waals surface area contributed by atoms with Crippen LogP contribution in [0.4, 0.5) is 13.2 Å². The number of carbonyl (C=O) groups excluding carboxylic acids is 2. The van der Waals surface area contributed by atoms with Crippen molar-refractivity contribution in [1.29, 1.82) is 0 Å². The van der Waals surface area contributed by atoms with Crippen LogP contribution in [0.15, 0.2) is 54.1 Å². The van der Waals surface area contributed by atoms with E-state index in [1.807, 2.05) is 0 Å². The van der Waals surface area contributed by atoms with E-state index < -0.39 is 35.9 Å². The summed E-state index contributed by atoms with van der Waals surface area (Å²) in [5.41, 5.74) is 0.327. The molecule has 1 saturated heterocycles. The Balaban J connectivity index is 1.73. The number of ether oxygens (including phenoxy) is 2. The molecule has 2 aromatic rings. The summed E-state index contributed by atoms with van der Waals surface area (Å²) in [6.07, 6.45) is -2.70. The number of alkyl halides is 3. The second-order valence-corrected chi connectivity index (χ2v) is 8.04. The average molecular weight is 448 g/mol. The highest BCUT2D eigenvalue weighted by atomic mass is 19.4. The topological polar surface area (TPSA) is 72.8 Å². The first-order valence-electron chi connectivity index (χ1n) is 10.0. The van der Waals surface area contributed by atoms with E-state index in [0.29, 0.717) is 16.7 Å². The predicted octanol–water partition coefficient (Wildman–Crippen LogP) is 4.63. The Morgan fingerprint density at radius 2 is 1.69 bits per heavy atom. The van der Waals surface area contributed by atoms with Gasteiger partial charge in [0.05, 0.1) is 18.1 Å². The van der Waals surface area contributed by atoms with Gasteiger partial charge >= 0.3 is 18.1 Å². The smallest absolute Gasteiger partial charge is 0.416 e. The van der Waals surface area contributed by atoms with Gasteiger partial charge in [-0.05, 0) is 34.9 Å². The molecule has 0 spiro atoms. The lowest BCUT2D eigenvalue weighted by Crippen LogP contribution is -2.39. The Labute approximate surface area is 183 Å². The van der Waals surface area contributed by atoms with Crippen LogP contribution in [0.5, 0.6) is 0 Å². The summed E-state index contributed by atoms with van der Waals surface area (Å²) in [5, 5.41) is 9.74. The standard InChI is InChI=1S/C24H23F3O5/c1-15(2)21(29)31-14-23(13-28)12-19(22(30)32-23)11-16-3-5-17(6-4-16)18-7-9-20(10-8-18)24(25,26)27/h3-11,15,28H,12-14H2,1-2H3/b19-11+. The third-order valence-electron chi connectivity index (χ3n) is 5.12. The molecule has 5 nitrogen and oxygen atoms in total. The van der Waals surface area contributed by atoms with Crippen molar-refractivity contribution in [1.82, 2.24) is 0 Å². The zero-order valence-electron chi connectivity index (χ0n) is 17.6. The molecule has 170 valence electrons. The third-order valence-corrected chi connectivity index (χ3v) is 5.12. The van der Waals surface area contributed by atoms with Crippen LogP contribution in [-0.4, -0.2) is 35.9 Å². The third kappa shape index (κ3) is 5.37. The van der Waals surface area contributed by atoms with Crippen molar-refractivity contribution in [2.75, 3.05) is 13.2 Å². The molecule has 0 aromatic heterocycles. The van der Waals surface area contributed by atoms with Gasteiger partial charge in [0.25, 0.3) is 0 Å². The lowest BCUT2D eigenvalue weighted by molar-refractivity contribution is -0.168. The number of benzene rings is 2. The van der Waals surface area contributed by atoms with E-state index in [4.69, 9.17) is 9.47 Å². The number of hydrogen-bond donors (Lipinski definition) is 1. The molecule has 3 rings (SSSR count). The molecule has 2 aromatic carbocycles. The van der Waals surface area contributed by atoms with Crippen LogP contribution in [0.2, 0.25) is 0 Å². The molecular weight excluding hydrogens is 425 g/mol. The lowest BCUT2D eigenvalue weighted by atomic mass is 9.97. The van der Waals surface area contributed by atoms with Crippen molar-refractivity contribution in [2.45, 2.75) is 32.0 Å². The van der Waals surface area contributed by atoms with Crippen molar-refractivity contribution >= 4 is 18.0 Å². The highest BCUT2D eigenvalue weighted by molar-refractivity contribution is 5.96. The van der Waals surface area contributed by atoms with Gasteiger partial charge < -0.3 is 14.6 Å². The van der Waals surface area contributed by atoms with Gasteiger partial charge in [-0.3, -0.25) is 4.79 Å². The van der Waals surface area contributed by atoms with Crippen molar-refractivity contribution in [2.24, 2.45) is 5.92 Å². The van der Waals surface area contributed by atoms with Crippen LogP contribution in [0, 0.1) is 5.92 Å². The molecule has 0 bridgehead atoms. The maximum atomic E-state index is 12.7. The predicted molar refractivity (Wildman–Crippen MR) is 111 cm³/mol. The Hall–Kier alpha value is -3.13. The van der Waals surface area contributed by atoms with E-state index in [9.17, 15) is 27.9 Å². The molecule has 8 heteroatoms. The summed E-state index contributed by atoms with van der Waals surface area (Å²) in [7, 11) is 0. The molecule has 0 aliphatic carbocycles. The van der Waals surface area contributed by atoms with E-state index in [1.54, 1.807) is 44.2 Å². The van der Waals surface area contributed by atoms with Crippen molar-refractivity contribution < 1.29 is 37.3 Å². The minimum atomic E-state index is -4.39. The van der Waals surface area contributed by atoms with Crippen LogP contribution in [-0.2, 0) is 25.2 Å². The fourth-order valence-electron chi connectivity index (χ4n) is 3.24. The first-order valence-corrected chi connectivity index (χ1v) is 10.0. The molecule has 1 N–H and O–H groups in total. The summed E-state index contributed by atoms with van der Waals surface area (Å²) in [5.74, 6) is -1.40. The Morgan fingerprint density at radius 3 is 2.19 bits per heavy atom. The molecule has 32 heavy (non-hydrogen) atoms. The Kier molecular flexibility index (Phi) is 6.74. The molecule has 1 aliphatic rings. The molecule has 1 unspecified atom stereocenters. The molecule has 1 atom stereocenters. The van der Waals surface area contributed by atoms with E-state index in [0.717, 1.165) is 17.7 Å². The average Bonchev–Trinajstić information content (AvgIpc) is 3.07. The van der Waals surface area contributed by atoms with Gasteiger partial charge in [-0.1, -0.05) is 50.2 Å². The monoisotopic (exact) mass is 448 g/mol. The van der Waals surface area contributed by atoms with Gasteiger partial charge in [-0.15, -0.1) is 0 Å². The molecule has 0 amide bonds. The Bertz CT molecular complexity index is 1010. The number of aliphatic hydroxyl groups excluding tert-OH is 1. The summed E-state index contributed by atoms with van der Waals surface area (Å²) < 4.78 is 48.6. The van der Waals surface area contributed by atoms with Crippen LogP contribution < -0.4 is 0 Å². The first-order chi connectivity index (χ1) is 15.0. The Morgan fingerprint density at radius 1 is 1.12 bits per heavy atom. The second-order valence-electron chi connectivity index (χ2n) is 8.04. The molecule has 0 saturated carbocycles. The second kappa shape index (κ2) is 9.16. The molecule has 1 aliphatic heterocycles.